The maximum absolute atomic E-state index is 5.70. The van der Waals surface area contributed by atoms with Gasteiger partial charge in [0.1, 0.15) is 12.0 Å². The maximum atomic E-state index is 5.70. The number of hydrogen-bond donors (Lipinski definition) is 0. The Morgan fingerprint density at radius 1 is 0.903 bits per heavy atom. The number of piperazine rings is 1. The van der Waals surface area contributed by atoms with Gasteiger partial charge in [0.2, 0.25) is 17.6 Å². The van der Waals surface area contributed by atoms with Crippen molar-refractivity contribution >= 4 is 11.3 Å². The van der Waals surface area contributed by atoms with Crippen molar-refractivity contribution in [3.05, 3.63) is 65.9 Å². The summed E-state index contributed by atoms with van der Waals surface area (Å²) in [6.45, 7) is 5.95. The molecule has 0 bridgehead atoms. The van der Waals surface area contributed by atoms with Gasteiger partial charge in [-0.1, -0.05) is 41.6 Å². The molecule has 160 valence electrons. The van der Waals surface area contributed by atoms with Crippen LogP contribution in [0.15, 0.2) is 63.0 Å². The molecule has 0 atom stereocenters. The highest BCUT2D eigenvalue weighted by Gasteiger charge is 2.19. The molecule has 3 aromatic heterocycles. The van der Waals surface area contributed by atoms with Crippen molar-refractivity contribution in [3.8, 4) is 22.0 Å². The van der Waals surface area contributed by atoms with Crippen LogP contribution in [0.2, 0.25) is 0 Å². The highest BCUT2D eigenvalue weighted by Crippen LogP contribution is 2.22. The number of rotatable bonds is 8. The van der Waals surface area contributed by atoms with Gasteiger partial charge in [-0.2, -0.15) is 4.98 Å². The second kappa shape index (κ2) is 9.55. The molecular weight excluding hydrogens is 410 g/mol. The van der Waals surface area contributed by atoms with Crippen LogP contribution in [0.3, 0.4) is 0 Å². The molecular formula is C23H25N5O2S. The molecule has 7 nitrogen and oxygen atoms in total. The van der Waals surface area contributed by atoms with E-state index >= 15 is 0 Å². The number of thiophene rings is 1. The van der Waals surface area contributed by atoms with Crippen molar-refractivity contribution in [2.75, 3.05) is 32.7 Å². The van der Waals surface area contributed by atoms with E-state index in [9.17, 15) is 0 Å². The topological polar surface area (TPSA) is 71.4 Å². The third-order valence-electron chi connectivity index (χ3n) is 5.52. The SMILES string of the molecule is c1ccc(-c2coc(CN3CCN(CCCc4nc(-c5cccs5)no4)CC3)n2)cc1. The molecule has 4 aromatic rings. The van der Waals surface area contributed by atoms with Crippen molar-refractivity contribution in [2.24, 2.45) is 0 Å². The van der Waals surface area contributed by atoms with Gasteiger partial charge in [0, 0.05) is 38.2 Å². The standard InChI is InChI=1S/C23H25N5O2S/c1-2-6-18(7-3-1)19-17-29-22(24-19)16-28-13-11-27(12-14-28)10-4-9-21-25-23(26-30-21)20-8-5-15-31-20/h1-3,5-8,15,17H,4,9-14,16H2. The fourth-order valence-electron chi connectivity index (χ4n) is 3.80. The Morgan fingerprint density at radius 3 is 2.55 bits per heavy atom. The van der Waals surface area contributed by atoms with Crippen LogP contribution in [0, 0.1) is 0 Å². The summed E-state index contributed by atoms with van der Waals surface area (Å²) in [5, 5.41) is 6.11. The molecule has 1 aliphatic rings. The van der Waals surface area contributed by atoms with Gasteiger partial charge in [-0.05, 0) is 24.4 Å². The molecule has 0 radical (unpaired) electrons. The normalized spacial score (nSPS) is 15.5. The van der Waals surface area contributed by atoms with Gasteiger partial charge < -0.3 is 13.8 Å². The summed E-state index contributed by atoms with van der Waals surface area (Å²) < 4.78 is 11.1. The Morgan fingerprint density at radius 2 is 1.74 bits per heavy atom. The van der Waals surface area contributed by atoms with Crippen LogP contribution >= 0.6 is 11.3 Å². The van der Waals surface area contributed by atoms with E-state index < -0.39 is 0 Å². The van der Waals surface area contributed by atoms with Crippen molar-refractivity contribution < 1.29 is 8.94 Å². The molecule has 0 spiro atoms. The number of nitrogens with zero attached hydrogens (tertiary/aromatic N) is 5. The summed E-state index contributed by atoms with van der Waals surface area (Å²) in [4.78, 5) is 15.1. The zero-order valence-corrected chi connectivity index (χ0v) is 18.1. The predicted molar refractivity (Wildman–Crippen MR) is 120 cm³/mol. The molecule has 0 saturated carbocycles. The van der Waals surface area contributed by atoms with E-state index in [0.29, 0.717) is 5.82 Å². The predicted octanol–water partition coefficient (Wildman–Crippen LogP) is 4.20. The lowest BCUT2D eigenvalue weighted by Crippen LogP contribution is -2.46. The van der Waals surface area contributed by atoms with Gasteiger partial charge in [-0.3, -0.25) is 4.90 Å². The third-order valence-corrected chi connectivity index (χ3v) is 6.39. The fourth-order valence-corrected chi connectivity index (χ4v) is 4.45. The van der Waals surface area contributed by atoms with Crippen LogP contribution < -0.4 is 0 Å². The largest absolute Gasteiger partial charge is 0.447 e. The molecule has 0 amide bonds. The summed E-state index contributed by atoms with van der Waals surface area (Å²) in [5.41, 5.74) is 1.99. The summed E-state index contributed by atoms with van der Waals surface area (Å²) >= 11 is 1.63. The molecule has 0 N–H and O–H groups in total. The number of aryl methyl sites for hydroxylation is 1. The Labute approximate surface area is 185 Å². The van der Waals surface area contributed by atoms with Crippen molar-refractivity contribution in [1.82, 2.24) is 24.9 Å². The minimum Gasteiger partial charge on any atom is -0.447 e. The summed E-state index contributed by atoms with van der Waals surface area (Å²) in [7, 11) is 0. The van der Waals surface area contributed by atoms with E-state index in [4.69, 9.17) is 8.94 Å². The number of aromatic nitrogens is 3. The molecule has 1 saturated heterocycles. The minimum atomic E-state index is 0.695. The monoisotopic (exact) mass is 435 g/mol. The average molecular weight is 436 g/mol. The molecule has 0 aliphatic carbocycles. The van der Waals surface area contributed by atoms with Crippen LogP contribution in [-0.2, 0) is 13.0 Å². The van der Waals surface area contributed by atoms with Crippen LogP contribution in [0.5, 0.6) is 0 Å². The van der Waals surface area contributed by atoms with Crippen molar-refractivity contribution in [3.63, 3.8) is 0 Å². The van der Waals surface area contributed by atoms with E-state index in [1.54, 1.807) is 17.6 Å². The molecule has 5 rings (SSSR count). The first-order valence-electron chi connectivity index (χ1n) is 10.6. The number of benzene rings is 1. The van der Waals surface area contributed by atoms with Gasteiger partial charge in [0.05, 0.1) is 11.4 Å². The maximum Gasteiger partial charge on any atom is 0.227 e. The summed E-state index contributed by atoms with van der Waals surface area (Å²) in [6.07, 6.45) is 3.59. The number of oxazole rings is 1. The van der Waals surface area contributed by atoms with Gasteiger partial charge in [-0.15, -0.1) is 11.3 Å². The average Bonchev–Trinajstić information content (AvgIpc) is 3.58. The summed E-state index contributed by atoms with van der Waals surface area (Å²) in [6, 6.07) is 14.2. The van der Waals surface area contributed by atoms with E-state index in [0.717, 1.165) is 80.0 Å². The zero-order chi connectivity index (χ0) is 20.9. The highest BCUT2D eigenvalue weighted by atomic mass is 32.1. The Bertz CT molecular complexity index is 1070. The first-order chi connectivity index (χ1) is 15.3. The van der Waals surface area contributed by atoms with Crippen LogP contribution in [0.25, 0.3) is 22.0 Å². The van der Waals surface area contributed by atoms with Gasteiger partial charge in [0.25, 0.3) is 0 Å². The molecule has 1 aromatic carbocycles. The first-order valence-corrected chi connectivity index (χ1v) is 11.5. The Kier molecular flexibility index (Phi) is 6.20. The molecule has 31 heavy (non-hydrogen) atoms. The second-order valence-electron chi connectivity index (χ2n) is 7.70. The lowest BCUT2D eigenvalue weighted by Gasteiger charge is -2.33. The van der Waals surface area contributed by atoms with Crippen molar-refractivity contribution in [1.29, 1.82) is 0 Å². The lowest BCUT2D eigenvalue weighted by atomic mass is 10.2. The molecule has 0 unspecified atom stereocenters. The van der Waals surface area contributed by atoms with Crippen LogP contribution in [0.1, 0.15) is 18.2 Å². The van der Waals surface area contributed by atoms with E-state index in [1.807, 2.05) is 35.7 Å². The minimum absolute atomic E-state index is 0.695. The van der Waals surface area contributed by atoms with Gasteiger partial charge in [0.15, 0.2) is 0 Å². The fraction of sp³-hybridized carbons (Fsp3) is 0.348. The molecule has 8 heteroatoms. The quantitative estimate of drug-likeness (QED) is 0.411. The third kappa shape index (κ3) is 5.10. The van der Waals surface area contributed by atoms with Gasteiger partial charge >= 0.3 is 0 Å². The number of hydrogen-bond acceptors (Lipinski definition) is 8. The smallest absolute Gasteiger partial charge is 0.227 e. The van der Waals surface area contributed by atoms with Crippen LogP contribution in [0.4, 0.5) is 0 Å². The Balaban J connectivity index is 1.04. The first kappa shape index (κ1) is 20.1. The molecule has 1 aliphatic heterocycles. The van der Waals surface area contributed by atoms with Crippen molar-refractivity contribution in [2.45, 2.75) is 19.4 Å². The second-order valence-corrected chi connectivity index (χ2v) is 8.65. The Hall–Kier alpha value is -2.81. The van der Waals surface area contributed by atoms with E-state index in [1.165, 1.54) is 0 Å². The molecule has 1 fully saturated rings. The zero-order valence-electron chi connectivity index (χ0n) is 17.3. The molecule has 4 heterocycles. The van der Waals surface area contributed by atoms with E-state index in [-0.39, 0.29) is 0 Å². The van der Waals surface area contributed by atoms with Gasteiger partial charge in [-0.25, -0.2) is 4.98 Å². The highest BCUT2D eigenvalue weighted by molar-refractivity contribution is 7.13. The lowest BCUT2D eigenvalue weighted by molar-refractivity contribution is 0.118. The van der Waals surface area contributed by atoms with E-state index in [2.05, 4.69) is 37.1 Å². The van der Waals surface area contributed by atoms with Crippen LogP contribution in [-0.4, -0.2) is 57.6 Å². The summed E-state index contributed by atoms with van der Waals surface area (Å²) in [5.74, 6) is 2.20.